The zero-order chi connectivity index (χ0) is 11.9. The molecule has 0 radical (unpaired) electrons. The molecule has 1 aromatic rings. The first kappa shape index (κ1) is 12.0. The Bertz CT molecular complexity index is 353. The minimum atomic E-state index is 0.168. The summed E-state index contributed by atoms with van der Waals surface area (Å²) in [5.41, 5.74) is 1.23. The van der Waals surface area contributed by atoms with Gasteiger partial charge in [0.15, 0.2) is 0 Å². The van der Waals surface area contributed by atoms with Crippen LogP contribution in [-0.4, -0.2) is 30.0 Å². The standard InChI is InChI=1S/C13H19N3O/c17-13-9-12(4-2-7-16-13)15-8-5-11-3-1-6-14-10-11/h1,3,6,10,12,15H,2,4-5,7-9H2,(H,16,17). The molecule has 17 heavy (non-hydrogen) atoms. The lowest BCUT2D eigenvalue weighted by atomic mass is 10.1. The maximum atomic E-state index is 11.4. The molecular weight excluding hydrogens is 214 g/mol. The molecule has 1 aromatic heterocycles. The van der Waals surface area contributed by atoms with Crippen LogP contribution in [0.5, 0.6) is 0 Å². The largest absolute Gasteiger partial charge is 0.356 e. The lowest BCUT2D eigenvalue weighted by Crippen LogP contribution is -2.33. The molecule has 0 spiro atoms. The fraction of sp³-hybridized carbons (Fsp3) is 0.538. The Hall–Kier alpha value is -1.42. The number of hydrogen-bond donors (Lipinski definition) is 2. The molecule has 1 aliphatic heterocycles. The summed E-state index contributed by atoms with van der Waals surface area (Å²) in [5, 5.41) is 6.35. The molecule has 92 valence electrons. The SMILES string of the molecule is O=C1CC(NCCc2cccnc2)CCCN1. The van der Waals surface area contributed by atoms with Crippen LogP contribution in [0.3, 0.4) is 0 Å². The van der Waals surface area contributed by atoms with Gasteiger partial charge < -0.3 is 10.6 Å². The molecule has 4 nitrogen and oxygen atoms in total. The number of amides is 1. The monoisotopic (exact) mass is 233 g/mol. The van der Waals surface area contributed by atoms with Crippen LogP contribution in [0, 0.1) is 0 Å². The van der Waals surface area contributed by atoms with E-state index in [0.29, 0.717) is 12.5 Å². The summed E-state index contributed by atoms with van der Waals surface area (Å²) in [4.78, 5) is 15.5. The average molecular weight is 233 g/mol. The third-order valence-corrected chi connectivity index (χ3v) is 3.05. The molecular formula is C13H19N3O. The number of rotatable bonds is 4. The van der Waals surface area contributed by atoms with Gasteiger partial charge in [0.25, 0.3) is 0 Å². The van der Waals surface area contributed by atoms with Gasteiger partial charge in [0, 0.05) is 31.4 Å². The predicted octanol–water partition coefficient (Wildman–Crippen LogP) is 0.882. The first-order chi connectivity index (χ1) is 8.34. The fourth-order valence-corrected chi connectivity index (χ4v) is 2.12. The Morgan fingerprint density at radius 3 is 3.29 bits per heavy atom. The van der Waals surface area contributed by atoms with Crippen LogP contribution >= 0.6 is 0 Å². The Balaban J connectivity index is 1.72. The van der Waals surface area contributed by atoms with Crippen molar-refractivity contribution in [2.24, 2.45) is 0 Å². The highest BCUT2D eigenvalue weighted by Crippen LogP contribution is 2.06. The predicted molar refractivity (Wildman–Crippen MR) is 66.6 cm³/mol. The van der Waals surface area contributed by atoms with E-state index in [-0.39, 0.29) is 5.91 Å². The van der Waals surface area contributed by atoms with Crippen molar-refractivity contribution in [3.63, 3.8) is 0 Å². The Kier molecular flexibility index (Phi) is 4.50. The van der Waals surface area contributed by atoms with Crippen molar-refractivity contribution in [2.75, 3.05) is 13.1 Å². The van der Waals surface area contributed by atoms with Gasteiger partial charge in [-0.1, -0.05) is 6.07 Å². The molecule has 0 aromatic carbocycles. The highest BCUT2D eigenvalue weighted by molar-refractivity contribution is 5.76. The zero-order valence-electron chi connectivity index (χ0n) is 9.98. The van der Waals surface area contributed by atoms with Gasteiger partial charge in [-0.3, -0.25) is 9.78 Å². The number of nitrogens with zero attached hydrogens (tertiary/aromatic N) is 1. The van der Waals surface area contributed by atoms with Crippen LogP contribution in [0.4, 0.5) is 0 Å². The van der Waals surface area contributed by atoms with E-state index in [2.05, 4.69) is 21.7 Å². The molecule has 0 bridgehead atoms. The quantitative estimate of drug-likeness (QED) is 0.812. The number of pyridine rings is 1. The normalized spacial score (nSPS) is 20.7. The number of hydrogen-bond acceptors (Lipinski definition) is 3. The van der Waals surface area contributed by atoms with E-state index in [4.69, 9.17) is 0 Å². The molecule has 0 aliphatic carbocycles. The first-order valence-electron chi connectivity index (χ1n) is 6.23. The van der Waals surface area contributed by atoms with E-state index in [0.717, 1.165) is 32.4 Å². The van der Waals surface area contributed by atoms with Crippen molar-refractivity contribution in [3.05, 3.63) is 30.1 Å². The topological polar surface area (TPSA) is 54.0 Å². The van der Waals surface area contributed by atoms with Crippen LogP contribution in [0.15, 0.2) is 24.5 Å². The molecule has 1 atom stereocenters. The Morgan fingerprint density at radius 1 is 1.53 bits per heavy atom. The molecule has 1 fully saturated rings. The van der Waals surface area contributed by atoms with Gasteiger partial charge in [-0.2, -0.15) is 0 Å². The van der Waals surface area contributed by atoms with Crippen LogP contribution in [0.2, 0.25) is 0 Å². The highest BCUT2D eigenvalue weighted by atomic mass is 16.1. The minimum absolute atomic E-state index is 0.168. The molecule has 1 saturated heterocycles. The third kappa shape index (κ3) is 4.15. The second-order valence-corrected chi connectivity index (χ2v) is 4.46. The van der Waals surface area contributed by atoms with Crippen LogP contribution in [-0.2, 0) is 11.2 Å². The molecule has 2 rings (SSSR count). The summed E-state index contributed by atoms with van der Waals surface area (Å²) in [6, 6.07) is 4.36. The number of nitrogens with one attached hydrogen (secondary N) is 2. The van der Waals surface area contributed by atoms with Crippen LogP contribution in [0.1, 0.15) is 24.8 Å². The zero-order valence-corrected chi connectivity index (χ0v) is 9.98. The summed E-state index contributed by atoms with van der Waals surface area (Å²) >= 11 is 0. The van der Waals surface area contributed by atoms with E-state index in [9.17, 15) is 4.79 Å². The van der Waals surface area contributed by atoms with Crippen molar-refractivity contribution in [3.8, 4) is 0 Å². The summed E-state index contributed by atoms with van der Waals surface area (Å²) in [7, 11) is 0. The van der Waals surface area contributed by atoms with Crippen LogP contribution in [0.25, 0.3) is 0 Å². The van der Waals surface area contributed by atoms with Gasteiger partial charge in [-0.05, 0) is 37.4 Å². The highest BCUT2D eigenvalue weighted by Gasteiger charge is 2.16. The summed E-state index contributed by atoms with van der Waals surface area (Å²) in [6.07, 6.45) is 7.38. The molecule has 1 unspecified atom stereocenters. The maximum Gasteiger partial charge on any atom is 0.221 e. The van der Waals surface area contributed by atoms with Crippen molar-refractivity contribution in [2.45, 2.75) is 31.7 Å². The number of carbonyl (C=O) groups excluding carboxylic acids is 1. The van der Waals surface area contributed by atoms with E-state index in [1.165, 1.54) is 5.56 Å². The smallest absolute Gasteiger partial charge is 0.221 e. The van der Waals surface area contributed by atoms with E-state index < -0.39 is 0 Å². The molecule has 4 heteroatoms. The Morgan fingerprint density at radius 2 is 2.47 bits per heavy atom. The molecule has 2 N–H and O–H groups in total. The van der Waals surface area contributed by atoms with E-state index in [1.807, 2.05) is 12.3 Å². The third-order valence-electron chi connectivity index (χ3n) is 3.05. The van der Waals surface area contributed by atoms with Crippen LogP contribution < -0.4 is 10.6 Å². The van der Waals surface area contributed by atoms with Gasteiger partial charge >= 0.3 is 0 Å². The van der Waals surface area contributed by atoms with Gasteiger partial charge in [0.2, 0.25) is 5.91 Å². The van der Waals surface area contributed by atoms with Gasteiger partial charge in [0.1, 0.15) is 0 Å². The molecule has 1 amide bonds. The minimum Gasteiger partial charge on any atom is -0.356 e. The van der Waals surface area contributed by atoms with E-state index in [1.54, 1.807) is 6.20 Å². The lowest BCUT2D eigenvalue weighted by Gasteiger charge is -2.14. The van der Waals surface area contributed by atoms with Gasteiger partial charge in [0.05, 0.1) is 0 Å². The number of carbonyl (C=O) groups is 1. The first-order valence-corrected chi connectivity index (χ1v) is 6.23. The summed E-state index contributed by atoms with van der Waals surface area (Å²) in [5.74, 6) is 0.168. The van der Waals surface area contributed by atoms with Gasteiger partial charge in [-0.15, -0.1) is 0 Å². The molecule has 2 heterocycles. The average Bonchev–Trinajstić information content (AvgIpc) is 2.55. The second-order valence-electron chi connectivity index (χ2n) is 4.46. The molecule has 1 aliphatic rings. The fourth-order valence-electron chi connectivity index (χ4n) is 2.12. The molecule has 0 saturated carbocycles. The van der Waals surface area contributed by atoms with Crippen molar-refractivity contribution in [1.82, 2.24) is 15.6 Å². The summed E-state index contributed by atoms with van der Waals surface area (Å²) in [6.45, 7) is 1.73. The summed E-state index contributed by atoms with van der Waals surface area (Å²) < 4.78 is 0. The second kappa shape index (κ2) is 6.35. The Labute approximate surface area is 102 Å². The number of aromatic nitrogens is 1. The van der Waals surface area contributed by atoms with Crippen molar-refractivity contribution < 1.29 is 4.79 Å². The van der Waals surface area contributed by atoms with E-state index >= 15 is 0 Å². The van der Waals surface area contributed by atoms with Crippen molar-refractivity contribution >= 4 is 5.91 Å². The maximum absolute atomic E-state index is 11.4. The van der Waals surface area contributed by atoms with Crippen molar-refractivity contribution in [1.29, 1.82) is 0 Å². The van der Waals surface area contributed by atoms with Gasteiger partial charge in [-0.25, -0.2) is 0 Å². The lowest BCUT2D eigenvalue weighted by molar-refractivity contribution is -0.121.